The van der Waals surface area contributed by atoms with Crippen LogP contribution in [0.1, 0.15) is 9.80 Å². The highest BCUT2D eigenvalue weighted by molar-refractivity contribution is 7.11. The van der Waals surface area contributed by atoms with Gasteiger partial charge < -0.3 is 5.32 Å². The van der Waals surface area contributed by atoms with Gasteiger partial charge in [0, 0.05) is 17.8 Å². The molecule has 0 radical (unpaired) electrons. The van der Waals surface area contributed by atoms with E-state index in [1.165, 1.54) is 11.3 Å². The summed E-state index contributed by atoms with van der Waals surface area (Å²) in [6.45, 7) is 0. The molecule has 0 atom stereocenters. The number of amides is 1. The molecule has 0 aliphatic heterocycles. The Balaban J connectivity index is 2.10. The minimum atomic E-state index is -0.223. The van der Waals surface area contributed by atoms with Gasteiger partial charge in [-0.25, -0.2) is 9.97 Å². The van der Waals surface area contributed by atoms with Gasteiger partial charge in [0.15, 0.2) is 5.01 Å². The van der Waals surface area contributed by atoms with Crippen LogP contribution in [0.25, 0.3) is 0 Å². The monoisotopic (exact) mass is 205 g/mol. The first-order valence-corrected chi connectivity index (χ1v) is 4.86. The second kappa shape index (κ2) is 3.97. The number of hydrogen-bond donors (Lipinski definition) is 1. The van der Waals surface area contributed by atoms with Crippen LogP contribution < -0.4 is 5.32 Å². The molecule has 2 heterocycles. The number of hydrogen-bond acceptors (Lipinski definition) is 4. The summed E-state index contributed by atoms with van der Waals surface area (Å²) in [5.74, 6) is 0.311. The number of carbonyl (C=O) groups is 1. The number of carbonyl (C=O) groups excluding carboxylic acids is 1. The average molecular weight is 205 g/mol. The molecule has 14 heavy (non-hydrogen) atoms. The molecule has 4 nitrogen and oxygen atoms in total. The molecule has 0 aromatic carbocycles. The van der Waals surface area contributed by atoms with Crippen LogP contribution in [0.2, 0.25) is 0 Å². The van der Waals surface area contributed by atoms with E-state index in [4.69, 9.17) is 0 Å². The number of thiazole rings is 1. The lowest BCUT2D eigenvalue weighted by Gasteiger charge is -1.99. The fourth-order valence-corrected chi connectivity index (χ4v) is 1.47. The van der Waals surface area contributed by atoms with Crippen molar-refractivity contribution < 1.29 is 4.79 Å². The van der Waals surface area contributed by atoms with Crippen molar-refractivity contribution in [2.45, 2.75) is 0 Å². The van der Waals surface area contributed by atoms with Gasteiger partial charge in [0.25, 0.3) is 5.91 Å². The number of anilines is 1. The van der Waals surface area contributed by atoms with E-state index in [9.17, 15) is 4.79 Å². The maximum atomic E-state index is 11.5. The Morgan fingerprint density at radius 3 is 2.86 bits per heavy atom. The van der Waals surface area contributed by atoms with Gasteiger partial charge in [-0.2, -0.15) is 0 Å². The smallest absolute Gasteiger partial charge is 0.285 e. The number of pyridine rings is 1. The quantitative estimate of drug-likeness (QED) is 0.813. The topological polar surface area (TPSA) is 54.9 Å². The molecule has 5 heteroatoms. The maximum absolute atomic E-state index is 11.5. The number of rotatable bonds is 2. The Morgan fingerprint density at radius 1 is 1.29 bits per heavy atom. The van der Waals surface area contributed by atoms with E-state index in [0.29, 0.717) is 10.8 Å². The zero-order valence-corrected chi connectivity index (χ0v) is 7.99. The average Bonchev–Trinajstić information content (AvgIpc) is 2.72. The van der Waals surface area contributed by atoms with Gasteiger partial charge in [0.1, 0.15) is 5.82 Å². The zero-order valence-electron chi connectivity index (χ0n) is 7.18. The summed E-state index contributed by atoms with van der Waals surface area (Å²) in [6, 6.07) is 5.33. The Kier molecular flexibility index (Phi) is 2.51. The molecule has 1 amide bonds. The third kappa shape index (κ3) is 1.94. The van der Waals surface area contributed by atoms with Gasteiger partial charge in [0.05, 0.1) is 0 Å². The third-order valence-corrected chi connectivity index (χ3v) is 2.30. The predicted molar refractivity (Wildman–Crippen MR) is 54.3 cm³/mol. The molecule has 0 spiro atoms. The van der Waals surface area contributed by atoms with Gasteiger partial charge in [-0.05, 0) is 12.1 Å². The van der Waals surface area contributed by atoms with E-state index >= 15 is 0 Å². The summed E-state index contributed by atoms with van der Waals surface area (Å²) in [5.41, 5.74) is 0. The normalized spacial score (nSPS) is 9.71. The molecule has 0 bridgehead atoms. The van der Waals surface area contributed by atoms with Gasteiger partial charge in [-0.15, -0.1) is 11.3 Å². The van der Waals surface area contributed by atoms with Crippen LogP contribution in [0, 0.1) is 0 Å². The van der Waals surface area contributed by atoms with Crippen LogP contribution >= 0.6 is 11.3 Å². The molecule has 1 N–H and O–H groups in total. The molecular formula is C9H7N3OS. The molecule has 0 saturated heterocycles. The first kappa shape index (κ1) is 8.83. The Hall–Kier alpha value is -1.75. The fourth-order valence-electron chi connectivity index (χ4n) is 0.942. The van der Waals surface area contributed by atoms with Crippen LogP contribution in [0.15, 0.2) is 36.0 Å². The third-order valence-electron chi connectivity index (χ3n) is 1.53. The van der Waals surface area contributed by atoms with Crippen molar-refractivity contribution in [2.75, 3.05) is 5.32 Å². The van der Waals surface area contributed by atoms with Crippen molar-refractivity contribution in [2.24, 2.45) is 0 Å². The summed E-state index contributed by atoms with van der Waals surface area (Å²) < 4.78 is 0. The summed E-state index contributed by atoms with van der Waals surface area (Å²) in [6.07, 6.45) is 3.22. The van der Waals surface area contributed by atoms with E-state index in [0.717, 1.165) is 0 Å². The van der Waals surface area contributed by atoms with E-state index in [-0.39, 0.29) is 5.91 Å². The van der Waals surface area contributed by atoms with Gasteiger partial charge >= 0.3 is 0 Å². The minimum Gasteiger partial charge on any atom is -0.304 e. The SMILES string of the molecule is O=C(Nc1ccccn1)c1nccs1. The second-order valence-corrected chi connectivity index (χ2v) is 3.40. The molecule has 70 valence electrons. The zero-order chi connectivity index (χ0) is 9.80. The minimum absolute atomic E-state index is 0.223. The highest BCUT2D eigenvalue weighted by Gasteiger charge is 2.07. The van der Waals surface area contributed by atoms with Crippen molar-refractivity contribution in [3.05, 3.63) is 41.0 Å². The molecule has 2 rings (SSSR count). The Bertz CT molecular complexity index is 413. The van der Waals surface area contributed by atoms with Crippen molar-refractivity contribution in [3.8, 4) is 0 Å². The van der Waals surface area contributed by atoms with E-state index in [1.54, 1.807) is 29.9 Å². The van der Waals surface area contributed by atoms with Crippen molar-refractivity contribution in [1.82, 2.24) is 9.97 Å². The second-order valence-electron chi connectivity index (χ2n) is 2.51. The highest BCUT2D eigenvalue weighted by Crippen LogP contribution is 2.07. The number of nitrogens with zero attached hydrogens (tertiary/aromatic N) is 2. The molecular weight excluding hydrogens is 198 g/mol. The van der Waals surface area contributed by atoms with E-state index < -0.39 is 0 Å². The van der Waals surface area contributed by atoms with E-state index in [1.807, 2.05) is 6.07 Å². The lowest BCUT2D eigenvalue weighted by atomic mass is 10.4. The lowest BCUT2D eigenvalue weighted by Crippen LogP contribution is -2.12. The maximum Gasteiger partial charge on any atom is 0.285 e. The van der Waals surface area contributed by atoms with Crippen LogP contribution in [0.4, 0.5) is 5.82 Å². The first-order chi connectivity index (χ1) is 6.86. The number of nitrogens with one attached hydrogen (secondary N) is 1. The number of aromatic nitrogens is 2. The highest BCUT2D eigenvalue weighted by atomic mass is 32.1. The molecule has 0 aliphatic rings. The molecule has 0 saturated carbocycles. The van der Waals surface area contributed by atoms with Crippen LogP contribution in [-0.4, -0.2) is 15.9 Å². The Labute approximate surface area is 84.6 Å². The van der Waals surface area contributed by atoms with Gasteiger partial charge in [0.2, 0.25) is 0 Å². The molecule has 0 aliphatic carbocycles. The summed E-state index contributed by atoms with van der Waals surface area (Å²) in [5, 5.41) is 4.84. The molecule has 2 aromatic rings. The Morgan fingerprint density at radius 2 is 2.21 bits per heavy atom. The summed E-state index contributed by atoms with van der Waals surface area (Å²) >= 11 is 1.30. The fraction of sp³-hybridized carbons (Fsp3) is 0. The largest absolute Gasteiger partial charge is 0.304 e. The van der Waals surface area contributed by atoms with Gasteiger partial charge in [-0.3, -0.25) is 4.79 Å². The molecule has 0 unspecified atom stereocenters. The standard InChI is InChI=1S/C9H7N3OS/c13-8(9-11-5-6-14-9)12-7-3-1-2-4-10-7/h1-6H,(H,10,12,13). The van der Waals surface area contributed by atoms with Crippen LogP contribution in [0.3, 0.4) is 0 Å². The van der Waals surface area contributed by atoms with Gasteiger partial charge in [-0.1, -0.05) is 6.07 Å². The van der Waals surface area contributed by atoms with Crippen molar-refractivity contribution in [1.29, 1.82) is 0 Å². The van der Waals surface area contributed by atoms with Crippen LogP contribution in [0.5, 0.6) is 0 Å². The van der Waals surface area contributed by atoms with Crippen molar-refractivity contribution >= 4 is 23.1 Å². The van der Waals surface area contributed by atoms with Crippen molar-refractivity contribution in [3.63, 3.8) is 0 Å². The van der Waals surface area contributed by atoms with Crippen LogP contribution in [-0.2, 0) is 0 Å². The predicted octanol–water partition coefficient (Wildman–Crippen LogP) is 1.79. The first-order valence-electron chi connectivity index (χ1n) is 3.98. The molecule has 2 aromatic heterocycles. The molecule has 0 fully saturated rings. The lowest BCUT2D eigenvalue weighted by molar-refractivity contribution is 0.102. The van der Waals surface area contributed by atoms with E-state index in [2.05, 4.69) is 15.3 Å². The summed E-state index contributed by atoms with van der Waals surface area (Å²) in [7, 11) is 0. The summed E-state index contributed by atoms with van der Waals surface area (Å²) in [4.78, 5) is 19.3.